The highest BCUT2D eigenvalue weighted by molar-refractivity contribution is 9.10. The lowest BCUT2D eigenvalue weighted by molar-refractivity contribution is -0.116. The van der Waals surface area contributed by atoms with Crippen LogP contribution < -0.4 is 15.6 Å². The van der Waals surface area contributed by atoms with E-state index < -0.39 is 0 Å². The van der Waals surface area contributed by atoms with Crippen molar-refractivity contribution in [1.29, 1.82) is 0 Å². The van der Waals surface area contributed by atoms with Crippen LogP contribution in [0.25, 0.3) is 10.2 Å². The number of fused-ring (bicyclic) bond motifs is 1. The van der Waals surface area contributed by atoms with Crippen LogP contribution in [0.15, 0.2) is 74.4 Å². The average molecular weight is 601 g/mol. The number of thiophene rings is 1. The fourth-order valence-corrected chi connectivity index (χ4v) is 5.67. The fourth-order valence-electron chi connectivity index (χ4n) is 3.71. The molecule has 7 nitrogen and oxygen atoms in total. The molecule has 0 radical (unpaired) electrons. The summed E-state index contributed by atoms with van der Waals surface area (Å²) >= 11 is 6.03. The summed E-state index contributed by atoms with van der Waals surface area (Å²) in [4.78, 5) is 42.7. The van der Waals surface area contributed by atoms with Gasteiger partial charge in [0.1, 0.15) is 10.4 Å². The zero-order valence-corrected chi connectivity index (χ0v) is 23.5. The van der Waals surface area contributed by atoms with Gasteiger partial charge in [-0.2, -0.15) is 0 Å². The van der Waals surface area contributed by atoms with Crippen molar-refractivity contribution < 1.29 is 14.3 Å². The summed E-state index contributed by atoms with van der Waals surface area (Å²) in [5.41, 5.74) is 1.91. The predicted octanol–water partition coefficient (Wildman–Crippen LogP) is 6.40. The summed E-state index contributed by atoms with van der Waals surface area (Å²) in [6.07, 6.45) is 2.61. The molecule has 0 saturated carbocycles. The third kappa shape index (κ3) is 7.30. The van der Waals surface area contributed by atoms with Crippen molar-refractivity contribution in [1.82, 2.24) is 9.55 Å². The Kier molecular flexibility index (Phi) is 9.54. The lowest BCUT2D eigenvalue weighted by Crippen LogP contribution is -2.23. The molecule has 0 saturated heterocycles. The van der Waals surface area contributed by atoms with Crippen LogP contribution in [-0.2, 0) is 11.3 Å². The summed E-state index contributed by atoms with van der Waals surface area (Å²) in [6, 6.07) is 16.3. The van der Waals surface area contributed by atoms with Gasteiger partial charge in [-0.15, -0.1) is 11.3 Å². The Hall–Kier alpha value is -2.95. The van der Waals surface area contributed by atoms with Crippen LogP contribution in [-0.4, -0.2) is 34.1 Å². The minimum Gasteiger partial charge on any atom is -0.497 e. The van der Waals surface area contributed by atoms with Gasteiger partial charge in [0.25, 0.3) is 5.56 Å². The number of carbonyl (C=O) groups excluding carboxylic acids is 2. The first-order chi connectivity index (χ1) is 17.9. The van der Waals surface area contributed by atoms with Crippen LogP contribution >= 0.6 is 39.0 Å². The Morgan fingerprint density at radius 2 is 1.81 bits per heavy atom. The Balaban J connectivity index is 1.33. The number of hydrogen-bond donors (Lipinski definition) is 1. The fraction of sp³-hybridized carbons (Fsp3) is 0.259. The maximum absolute atomic E-state index is 13.1. The highest BCUT2D eigenvalue weighted by Crippen LogP contribution is 2.23. The molecule has 37 heavy (non-hydrogen) atoms. The van der Waals surface area contributed by atoms with Crippen LogP contribution in [0.1, 0.15) is 36.0 Å². The topological polar surface area (TPSA) is 90.3 Å². The van der Waals surface area contributed by atoms with E-state index in [9.17, 15) is 14.4 Å². The second-order valence-electron chi connectivity index (χ2n) is 8.29. The molecule has 4 aromatic rings. The highest BCUT2D eigenvalue weighted by atomic mass is 79.9. The first kappa shape index (κ1) is 27.1. The third-order valence-electron chi connectivity index (χ3n) is 5.69. The van der Waals surface area contributed by atoms with Crippen molar-refractivity contribution >= 4 is 66.6 Å². The van der Waals surface area contributed by atoms with Crippen molar-refractivity contribution in [3.05, 3.63) is 80.4 Å². The third-order valence-corrected chi connectivity index (χ3v) is 8.09. The molecule has 0 spiro atoms. The SMILES string of the molecule is COc1ccc(NC(=O)CCCCCn2c(SCC(=O)c3ccc(Br)cc3)nc3ccsc3c2=O)cc1. The van der Waals surface area contributed by atoms with E-state index in [0.717, 1.165) is 28.8 Å². The Labute approximate surface area is 231 Å². The van der Waals surface area contributed by atoms with Gasteiger partial charge in [-0.25, -0.2) is 4.98 Å². The van der Waals surface area contributed by atoms with Gasteiger partial charge in [0, 0.05) is 28.7 Å². The van der Waals surface area contributed by atoms with Crippen molar-refractivity contribution in [2.45, 2.75) is 37.4 Å². The lowest BCUT2D eigenvalue weighted by Gasteiger charge is -2.12. The number of Topliss-reactive ketones (excluding diaryl/α,β-unsaturated/α-hetero) is 1. The van der Waals surface area contributed by atoms with Gasteiger partial charge in [-0.1, -0.05) is 46.2 Å². The summed E-state index contributed by atoms with van der Waals surface area (Å²) in [7, 11) is 1.60. The van der Waals surface area contributed by atoms with Crippen LogP contribution in [0.4, 0.5) is 5.69 Å². The number of thioether (sulfide) groups is 1. The van der Waals surface area contributed by atoms with Crippen molar-refractivity contribution in [3.8, 4) is 5.75 Å². The van der Waals surface area contributed by atoms with Crippen molar-refractivity contribution in [2.24, 2.45) is 0 Å². The molecular formula is C27H26BrN3O4S2. The first-order valence-corrected chi connectivity index (χ1v) is 14.4. The summed E-state index contributed by atoms with van der Waals surface area (Å²) in [5, 5.41) is 5.28. The molecule has 0 unspecified atom stereocenters. The van der Waals surface area contributed by atoms with E-state index in [0.29, 0.717) is 40.3 Å². The number of ketones is 1. The van der Waals surface area contributed by atoms with Crippen molar-refractivity contribution in [2.75, 3.05) is 18.2 Å². The van der Waals surface area contributed by atoms with Gasteiger partial charge in [-0.05, 0) is 60.7 Å². The Morgan fingerprint density at radius 1 is 1.05 bits per heavy atom. The van der Waals surface area contributed by atoms with E-state index in [1.165, 1.54) is 23.1 Å². The highest BCUT2D eigenvalue weighted by Gasteiger charge is 2.15. The molecule has 0 bridgehead atoms. The number of halogens is 1. The number of anilines is 1. The number of carbonyl (C=O) groups is 2. The predicted molar refractivity (Wildman–Crippen MR) is 153 cm³/mol. The summed E-state index contributed by atoms with van der Waals surface area (Å²) < 4.78 is 8.32. The molecule has 2 aromatic carbocycles. The number of methoxy groups -OCH3 is 1. The van der Waals surface area contributed by atoms with Crippen LogP contribution in [0, 0.1) is 0 Å². The molecule has 10 heteroatoms. The maximum Gasteiger partial charge on any atom is 0.272 e. The maximum atomic E-state index is 13.1. The molecule has 1 amide bonds. The average Bonchev–Trinajstić information content (AvgIpc) is 3.38. The molecule has 0 aliphatic heterocycles. The second kappa shape index (κ2) is 13.0. The van der Waals surface area contributed by atoms with Crippen LogP contribution in [0.2, 0.25) is 0 Å². The largest absolute Gasteiger partial charge is 0.497 e. The van der Waals surface area contributed by atoms with Crippen LogP contribution in [0.3, 0.4) is 0 Å². The first-order valence-electron chi connectivity index (χ1n) is 11.8. The second-order valence-corrected chi connectivity index (χ2v) is 11.1. The molecule has 0 atom stereocenters. The number of benzene rings is 2. The van der Waals surface area contributed by atoms with Gasteiger partial charge in [-0.3, -0.25) is 19.0 Å². The minimum absolute atomic E-state index is 0.0217. The monoisotopic (exact) mass is 599 g/mol. The molecule has 2 heterocycles. The molecule has 0 aliphatic carbocycles. The molecule has 4 rings (SSSR count). The van der Waals surface area contributed by atoms with Gasteiger partial charge in [0.15, 0.2) is 10.9 Å². The van der Waals surface area contributed by atoms with E-state index in [4.69, 9.17) is 4.74 Å². The van der Waals surface area contributed by atoms with E-state index in [1.54, 1.807) is 48.1 Å². The Bertz CT molecular complexity index is 1430. The lowest BCUT2D eigenvalue weighted by atomic mass is 10.2. The van der Waals surface area contributed by atoms with Gasteiger partial charge < -0.3 is 10.1 Å². The molecule has 0 fully saturated rings. The number of unbranched alkanes of at least 4 members (excludes halogenated alkanes) is 2. The molecule has 192 valence electrons. The quantitative estimate of drug-likeness (QED) is 0.0876. The van der Waals surface area contributed by atoms with Gasteiger partial charge in [0.2, 0.25) is 5.91 Å². The summed E-state index contributed by atoms with van der Waals surface area (Å²) in [6.45, 7) is 0.481. The van der Waals surface area contributed by atoms with Crippen molar-refractivity contribution in [3.63, 3.8) is 0 Å². The minimum atomic E-state index is -0.0872. The number of hydrogen-bond acceptors (Lipinski definition) is 7. The number of amides is 1. The smallest absolute Gasteiger partial charge is 0.272 e. The molecule has 1 N–H and O–H groups in total. The van der Waals surface area contributed by atoms with E-state index in [1.807, 2.05) is 23.6 Å². The number of aromatic nitrogens is 2. The number of ether oxygens (including phenoxy) is 1. The van der Waals surface area contributed by atoms with E-state index in [-0.39, 0.29) is 23.0 Å². The zero-order valence-electron chi connectivity index (χ0n) is 20.2. The van der Waals surface area contributed by atoms with E-state index in [2.05, 4.69) is 26.2 Å². The van der Waals surface area contributed by atoms with Crippen LogP contribution in [0.5, 0.6) is 5.75 Å². The number of nitrogens with zero attached hydrogens (tertiary/aromatic N) is 2. The van der Waals surface area contributed by atoms with Gasteiger partial charge in [0.05, 0.1) is 18.4 Å². The summed E-state index contributed by atoms with van der Waals surface area (Å²) in [5.74, 6) is 0.854. The zero-order chi connectivity index (χ0) is 26.2. The standard InChI is InChI=1S/C27H26BrN3O4S2/c1-35-21-12-10-20(11-13-21)29-24(33)5-3-2-4-15-31-26(34)25-22(14-16-36-25)30-27(31)37-17-23(32)18-6-8-19(28)9-7-18/h6-14,16H,2-5,15,17H2,1H3,(H,29,33). The number of rotatable bonds is 12. The van der Waals surface area contributed by atoms with E-state index >= 15 is 0 Å². The molecular weight excluding hydrogens is 574 g/mol. The number of nitrogens with one attached hydrogen (secondary N) is 1. The molecule has 2 aromatic heterocycles. The molecule has 0 aliphatic rings. The Morgan fingerprint density at radius 3 is 2.54 bits per heavy atom. The normalized spacial score (nSPS) is 11.0. The van der Waals surface area contributed by atoms with Gasteiger partial charge >= 0.3 is 0 Å².